The van der Waals surface area contributed by atoms with Crippen molar-refractivity contribution in [1.29, 1.82) is 0 Å². The van der Waals surface area contributed by atoms with Crippen molar-refractivity contribution in [2.24, 2.45) is 7.05 Å². The third-order valence-electron chi connectivity index (χ3n) is 7.54. The largest absolute Gasteiger partial charge is 0.378 e. The second-order valence-electron chi connectivity index (χ2n) is 10.1. The topological polar surface area (TPSA) is 84.3 Å². The third-order valence-corrected chi connectivity index (χ3v) is 7.54. The third kappa shape index (κ3) is 5.09. The molecule has 8 nitrogen and oxygen atoms in total. The highest BCUT2D eigenvalue weighted by atomic mass is 16.5. The summed E-state index contributed by atoms with van der Waals surface area (Å²) >= 11 is 0. The molecule has 0 saturated carbocycles. The van der Waals surface area contributed by atoms with E-state index in [0.717, 1.165) is 64.8 Å². The molecule has 0 radical (unpaired) electrons. The molecule has 2 aromatic heterocycles. The number of nitrogens with zero attached hydrogens (tertiary/aromatic N) is 4. The van der Waals surface area contributed by atoms with Crippen molar-refractivity contribution < 1.29 is 9.53 Å². The summed E-state index contributed by atoms with van der Waals surface area (Å²) in [5.41, 5.74) is 5.19. The van der Waals surface area contributed by atoms with Gasteiger partial charge in [0.05, 0.1) is 18.7 Å². The molecule has 0 spiro atoms. The van der Waals surface area contributed by atoms with E-state index in [1.165, 1.54) is 24.8 Å². The van der Waals surface area contributed by atoms with Gasteiger partial charge >= 0.3 is 6.03 Å². The van der Waals surface area contributed by atoms with E-state index in [2.05, 4.69) is 50.6 Å². The van der Waals surface area contributed by atoms with Gasteiger partial charge in [-0.3, -0.25) is 0 Å². The number of nitrogens with one attached hydrogen (secondary N) is 2. The highest BCUT2D eigenvalue weighted by molar-refractivity contribution is 6.08. The number of aromatic nitrogens is 3. The lowest BCUT2D eigenvalue weighted by Gasteiger charge is -2.29. The molecule has 1 aliphatic heterocycles. The Morgan fingerprint density at radius 2 is 1.84 bits per heavy atom. The normalized spacial score (nSPS) is 16.0. The van der Waals surface area contributed by atoms with Gasteiger partial charge in [0.1, 0.15) is 5.82 Å². The van der Waals surface area contributed by atoms with Crippen LogP contribution in [-0.4, -0.2) is 53.4 Å². The Morgan fingerprint density at radius 1 is 1.00 bits per heavy atom. The van der Waals surface area contributed by atoms with Crippen molar-refractivity contribution in [2.75, 3.05) is 43.1 Å². The number of fused-ring (bicyclic) bond motifs is 3. The summed E-state index contributed by atoms with van der Waals surface area (Å²) < 4.78 is 7.70. The SMILES string of the molecule is Cn1ccc2c3nc(-c4ccc(NC(=O)NCCC5=CCCCC5)cc4)nc(N4CCOCC4)c3ccc21. The van der Waals surface area contributed by atoms with E-state index in [1.54, 1.807) is 0 Å². The molecule has 2 aromatic carbocycles. The van der Waals surface area contributed by atoms with Crippen molar-refractivity contribution in [3.63, 3.8) is 0 Å². The Hall–Kier alpha value is -3.91. The minimum absolute atomic E-state index is 0.183. The zero-order chi connectivity index (χ0) is 25.9. The number of urea groups is 1. The molecule has 196 valence electrons. The fourth-order valence-corrected chi connectivity index (χ4v) is 5.42. The quantitative estimate of drug-likeness (QED) is 0.328. The minimum Gasteiger partial charge on any atom is -0.378 e. The van der Waals surface area contributed by atoms with Gasteiger partial charge in [-0.15, -0.1) is 0 Å². The first-order chi connectivity index (χ1) is 18.7. The van der Waals surface area contributed by atoms with E-state index >= 15 is 0 Å². The second kappa shape index (κ2) is 10.8. The molecule has 3 heterocycles. The predicted octanol–water partition coefficient (Wildman–Crippen LogP) is 5.64. The number of carbonyl (C=O) groups is 1. The van der Waals surface area contributed by atoms with Crippen LogP contribution in [0.5, 0.6) is 0 Å². The number of aryl methyl sites for hydroxylation is 1. The number of benzene rings is 2. The van der Waals surface area contributed by atoms with Crippen LogP contribution in [0.15, 0.2) is 60.3 Å². The average Bonchev–Trinajstić information content (AvgIpc) is 3.35. The first-order valence-electron chi connectivity index (χ1n) is 13.6. The molecule has 1 saturated heterocycles. The molecule has 6 rings (SSSR count). The fraction of sp³-hybridized carbons (Fsp3) is 0.367. The minimum atomic E-state index is -0.183. The highest BCUT2D eigenvalue weighted by Crippen LogP contribution is 2.33. The van der Waals surface area contributed by atoms with Crippen molar-refractivity contribution >= 4 is 39.3 Å². The van der Waals surface area contributed by atoms with Gasteiger partial charge in [0.15, 0.2) is 5.82 Å². The van der Waals surface area contributed by atoms with E-state index in [9.17, 15) is 4.79 Å². The lowest BCUT2D eigenvalue weighted by molar-refractivity contribution is 0.122. The molecule has 1 aliphatic carbocycles. The van der Waals surface area contributed by atoms with Gasteiger partial charge in [0.2, 0.25) is 0 Å². The molecule has 2 amide bonds. The zero-order valence-electron chi connectivity index (χ0n) is 21.9. The smallest absolute Gasteiger partial charge is 0.319 e. The van der Waals surface area contributed by atoms with Gasteiger partial charge < -0.3 is 24.8 Å². The number of ether oxygens (including phenoxy) is 1. The maximum Gasteiger partial charge on any atom is 0.319 e. The van der Waals surface area contributed by atoms with Gasteiger partial charge in [-0.2, -0.15) is 0 Å². The van der Waals surface area contributed by atoms with Crippen LogP contribution in [0.4, 0.5) is 16.3 Å². The van der Waals surface area contributed by atoms with Crippen molar-refractivity contribution in [2.45, 2.75) is 32.1 Å². The van der Waals surface area contributed by atoms with Crippen LogP contribution in [0, 0.1) is 0 Å². The van der Waals surface area contributed by atoms with Gasteiger partial charge in [0.25, 0.3) is 0 Å². The zero-order valence-corrected chi connectivity index (χ0v) is 21.9. The molecule has 4 aromatic rings. The number of hydrogen-bond acceptors (Lipinski definition) is 5. The first-order valence-corrected chi connectivity index (χ1v) is 13.6. The molecule has 2 N–H and O–H groups in total. The van der Waals surface area contributed by atoms with Gasteiger partial charge in [0, 0.05) is 60.4 Å². The average molecular weight is 511 g/mol. The van der Waals surface area contributed by atoms with E-state index in [4.69, 9.17) is 14.7 Å². The molecule has 38 heavy (non-hydrogen) atoms. The highest BCUT2D eigenvalue weighted by Gasteiger charge is 2.20. The van der Waals surface area contributed by atoms with Crippen LogP contribution < -0.4 is 15.5 Å². The maximum atomic E-state index is 12.4. The lowest BCUT2D eigenvalue weighted by atomic mass is 9.97. The Labute approximate surface area is 222 Å². The van der Waals surface area contributed by atoms with Gasteiger partial charge in [-0.25, -0.2) is 14.8 Å². The van der Waals surface area contributed by atoms with Crippen LogP contribution in [0.1, 0.15) is 32.1 Å². The van der Waals surface area contributed by atoms with Crippen LogP contribution >= 0.6 is 0 Å². The number of amides is 2. The Balaban J connectivity index is 1.23. The van der Waals surface area contributed by atoms with E-state index in [1.807, 2.05) is 31.3 Å². The first kappa shape index (κ1) is 24.4. The number of anilines is 2. The Morgan fingerprint density at radius 3 is 2.63 bits per heavy atom. The van der Waals surface area contributed by atoms with Crippen molar-refractivity contribution in [1.82, 2.24) is 19.9 Å². The van der Waals surface area contributed by atoms with Gasteiger partial charge in [-0.1, -0.05) is 11.6 Å². The summed E-state index contributed by atoms with van der Waals surface area (Å²) in [6, 6.07) is 14.0. The molecular weight excluding hydrogens is 476 g/mol. The molecule has 8 heteroatoms. The second-order valence-corrected chi connectivity index (χ2v) is 10.1. The summed E-state index contributed by atoms with van der Waals surface area (Å²) in [7, 11) is 2.05. The Kier molecular flexibility index (Phi) is 6.96. The number of morpholine rings is 1. The van der Waals surface area contributed by atoms with Crippen LogP contribution in [-0.2, 0) is 11.8 Å². The maximum absolute atomic E-state index is 12.4. The van der Waals surface area contributed by atoms with Crippen LogP contribution in [0.3, 0.4) is 0 Å². The van der Waals surface area contributed by atoms with Crippen LogP contribution in [0.2, 0.25) is 0 Å². The Bertz CT molecular complexity index is 1480. The fourth-order valence-electron chi connectivity index (χ4n) is 5.42. The molecule has 1 fully saturated rings. The predicted molar refractivity (Wildman–Crippen MR) is 153 cm³/mol. The molecule has 0 atom stereocenters. The number of hydrogen-bond donors (Lipinski definition) is 2. The standard InChI is InChI=1S/C30H34N6O2/c1-35-16-14-24-26(35)12-11-25-27(24)33-28(34-29(25)36-17-19-38-20-18-36)22-7-9-23(10-8-22)32-30(37)31-15-13-21-5-3-2-4-6-21/h5,7-12,14,16H,2-4,6,13,15,17-20H2,1H3,(H2,31,32,37). The van der Waals surface area contributed by atoms with E-state index in [-0.39, 0.29) is 6.03 Å². The van der Waals surface area contributed by atoms with Crippen LogP contribution in [0.25, 0.3) is 33.2 Å². The van der Waals surface area contributed by atoms with Crippen molar-refractivity contribution in [3.05, 3.63) is 60.3 Å². The summed E-state index contributed by atoms with van der Waals surface area (Å²) in [5.74, 6) is 1.61. The molecular formula is C30H34N6O2. The summed E-state index contributed by atoms with van der Waals surface area (Å²) in [4.78, 5) is 24.8. The molecule has 0 unspecified atom stereocenters. The van der Waals surface area contributed by atoms with E-state index in [0.29, 0.717) is 25.6 Å². The number of rotatable bonds is 6. The summed E-state index contributed by atoms with van der Waals surface area (Å²) in [5, 5.41) is 8.08. The molecule has 0 bridgehead atoms. The van der Waals surface area contributed by atoms with Gasteiger partial charge in [-0.05, 0) is 74.6 Å². The summed E-state index contributed by atoms with van der Waals surface area (Å²) in [6.07, 6.45) is 10.2. The summed E-state index contributed by atoms with van der Waals surface area (Å²) in [6.45, 7) is 3.63. The number of allylic oxidation sites excluding steroid dienone is 1. The van der Waals surface area contributed by atoms with E-state index < -0.39 is 0 Å². The number of carbonyl (C=O) groups excluding carboxylic acids is 1. The van der Waals surface area contributed by atoms with Crippen molar-refractivity contribution in [3.8, 4) is 11.4 Å². The molecule has 2 aliphatic rings. The lowest BCUT2D eigenvalue weighted by Crippen LogP contribution is -2.37. The monoisotopic (exact) mass is 510 g/mol.